The van der Waals surface area contributed by atoms with Gasteiger partial charge in [0.15, 0.2) is 11.5 Å². The van der Waals surface area contributed by atoms with Crippen LogP contribution in [0.2, 0.25) is 0 Å². The molecule has 0 aliphatic carbocycles. The standard InChI is InChI=1S/C32H16N2O4S7/c1-9-3-15-31(39-9)29-13(5-35-15)27-25(43-29)11-7-37-21-17(23(11)41-27)19-20(34-45-33-19)18-22(21)38-8-12-24(18)42-28-14-6-36-16-4-10(2)40-32(16)30(14)44-26(12)28/h3-4H,5-8H2,1-2H3. The number of ether oxygens (including phenoxy) is 4. The van der Waals surface area contributed by atoms with Crippen molar-refractivity contribution in [1.82, 2.24) is 8.75 Å². The van der Waals surface area contributed by atoms with Crippen molar-refractivity contribution in [1.29, 1.82) is 0 Å². The molecule has 220 valence electrons. The molecule has 7 aromatic heterocycles. The third-order valence-corrected chi connectivity index (χ3v) is 17.4. The molecule has 0 fully saturated rings. The molecule has 8 aromatic rings. The van der Waals surface area contributed by atoms with Crippen LogP contribution in [-0.2, 0) is 26.4 Å². The summed E-state index contributed by atoms with van der Waals surface area (Å²) < 4.78 is 40.8. The van der Waals surface area contributed by atoms with Crippen molar-refractivity contribution >= 4 is 110 Å². The van der Waals surface area contributed by atoms with Gasteiger partial charge in [-0.05, 0) is 26.0 Å². The van der Waals surface area contributed by atoms with Crippen molar-refractivity contribution in [2.45, 2.75) is 40.3 Å². The Hall–Kier alpha value is -3.04. The zero-order valence-electron chi connectivity index (χ0n) is 23.4. The van der Waals surface area contributed by atoms with Gasteiger partial charge in [-0.1, -0.05) is 0 Å². The molecule has 6 nitrogen and oxygen atoms in total. The van der Waals surface area contributed by atoms with Crippen LogP contribution in [0.5, 0.6) is 23.0 Å². The first-order chi connectivity index (χ1) is 22.1. The highest BCUT2D eigenvalue weighted by Crippen LogP contribution is 2.63. The average Bonchev–Trinajstić information content (AvgIpc) is 3.87. The van der Waals surface area contributed by atoms with Crippen molar-refractivity contribution in [3.8, 4) is 63.4 Å². The summed E-state index contributed by atoms with van der Waals surface area (Å²) in [5, 5.41) is 0. The summed E-state index contributed by atoms with van der Waals surface area (Å²) in [6.45, 7) is 6.53. The fourth-order valence-electron chi connectivity index (χ4n) is 7.10. The van der Waals surface area contributed by atoms with E-state index in [0.29, 0.717) is 26.4 Å². The molecular formula is C32H16N2O4S7. The number of rotatable bonds is 0. The van der Waals surface area contributed by atoms with Gasteiger partial charge in [-0.15, -0.1) is 68.0 Å². The predicted octanol–water partition coefficient (Wildman–Crippen LogP) is 11.2. The SMILES string of the molecule is Cc1cc2c(s1)-c1sc3c4c(sc3c1CO2)-c1c(c2c(c3nsnc13)-c1sc3c5c(sc3c1CO2)-c1sc(C)cc1OC5)OC4. The third-order valence-electron chi connectivity index (χ3n) is 9.02. The van der Waals surface area contributed by atoms with Crippen LogP contribution in [0.3, 0.4) is 0 Å². The topological polar surface area (TPSA) is 62.7 Å². The molecule has 0 amide bonds. The average molecular weight is 717 g/mol. The molecule has 12 rings (SSSR count). The Morgan fingerprint density at radius 2 is 0.889 bits per heavy atom. The molecule has 4 aliphatic rings. The highest BCUT2D eigenvalue weighted by molar-refractivity contribution is 7.34. The number of hydrogen-bond donors (Lipinski definition) is 0. The highest BCUT2D eigenvalue weighted by Gasteiger charge is 2.39. The normalized spacial score (nSPS) is 15.2. The molecule has 0 unspecified atom stereocenters. The Morgan fingerprint density at radius 3 is 1.36 bits per heavy atom. The van der Waals surface area contributed by atoms with E-state index in [0.717, 1.165) is 45.2 Å². The molecule has 4 aliphatic heterocycles. The van der Waals surface area contributed by atoms with E-state index >= 15 is 0 Å². The molecule has 0 spiro atoms. The largest absolute Gasteiger partial charge is 0.487 e. The van der Waals surface area contributed by atoms with Crippen molar-refractivity contribution in [2.75, 3.05) is 0 Å². The van der Waals surface area contributed by atoms with E-state index in [1.165, 1.54) is 91.8 Å². The third kappa shape index (κ3) is 3.04. The lowest BCUT2D eigenvalue weighted by molar-refractivity contribution is 0.255. The fourth-order valence-corrected chi connectivity index (χ4v) is 15.7. The van der Waals surface area contributed by atoms with Crippen molar-refractivity contribution in [3.05, 3.63) is 44.1 Å². The maximum Gasteiger partial charge on any atom is 0.173 e. The van der Waals surface area contributed by atoms with Crippen LogP contribution in [0.25, 0.3) is 70.2 Å². The number of benzene rings is 1. The number of fused-ring (bicyclic) bond motifs is 22. The predicted molar refractivity (Wildman–Crippen MR) is 188 cm³/mol. The Kier molecular flexibility index (Phi) is 4.72. The number of thiophene rings is 6. The second-order valence-corrected chi connectivity index (χ2v) is 18.7. The van der Waals surface area contributed by atoms with E-state index in [4.69, 9.17) is 27.7 Å². The summed E-state index contributed by atoms with van der Waals surface area (Å²) in [5.74, 6) is 3.64. The van der Waals surface area contributed by atoms with E-state index in [2.05, 4.69) is 26.0 Å². The van der Waals surface area contributed by atoms with Gasteiger partial charge in [0.1, 0.15) is 49.0 Å². The first-order valence-corrected chi connectivity index (χ1v) is 19.9. The zero-order chi connectivity index (χ0) is 29.3. The number of hydrogen-bond acceptors (Lipinski definition) is 13. The van der Waals surface area contributed by atoms with Gasteiger partial charge in [-0.25, -0.2) is 0 Å². The summed E-state index contributed by atoms with van der Waals surface area (Å²) in [6.07, 6.45) is 0. The molecule has 0 atom stereocenters. The van der Waals surface area contributed by atoms with Gasteiger partial charge < -0.3 is 18.9 Å². The summed E-state index contributed by atoms with van der Waals surface area (Å²) >= 11 is 12.4. The number of nitrogens with zero attached hydrogens (tertiary/aromatic N) is 2. The van der Waals surface area contributed by atoms with Crippen LogP contribution >= 0.6 is 79.7 Å². The second kappa shape index (κ2) is 8.45. The lowest BCUT2D eigenvalue weighted by Crippen LogP contribution is -2.10. The molecule has 1 aromatic carbocycles. The van der Waals surface area contributed by atoms with Gasteiger partial charge >= 0.3 is 0 Å². The highest BCUT2D eigenvalue weighted by atomic mass is 32.1. The molecule has 0 saturated carbocycles. The maximum absolute atomic E-state index is 6.69. The molecule has 0 bridgehead atoms. The van der Waals surface area contributed by atoms with Gasteiger partial charge in [-0.3, -0.25) is 0 Å². The van der Waals surface area contributed by atoms with Gasteiger partial charge in [0.2, 0.25) is 0 Å². The van der Waals surface area contributed by atoms with E-state index in [9.17, 15) is 0 Å². The number of aryl methyl sites for hydroxylation is 2. The minimum absolute atomic E-state index is 0.511. The minimum Gasteiger partial charge on any atom is -0.487 e. The molecular weight excluding hydrogens is 701 g/mol. The first kappa shape index (κ1) is 25.1. The Bertz CT molecular complexity index is 2480. The summed E-state index contributed by atoms with van der Waals surface area (Å²) in [4.78, 5) is 10.2. The van der Waals surface area contributed by atoms with Gasteiger partial charge in [0.05, 0.1) is 61.2 Å². The van der Waals surface area contributed by atoms with E-state index in [1.54, 1.807) is 0 Å². The van der Waals surface area contributed by atoms with Gasteiger partial charge in [-0.2, -0.15) is 8.75 Å². The Labute approximate surface area is 283 Å². The molecule has 0 saturated heterocycles. The van der Waals surface area contributed by atoms with Crippen molar-refractivity contribution < 1.29 is 18.9 Å². The second-order valence-electron chi connectivity index (χ2n) is 11.6. The quantitative estimate of drug-likeness (QED) is 0.156. The van der Waals surface area contributed by atoms with Gasteiger partial charge in [0, 0.05) is 41.8 Å². The first-order valence-electron chi connectivity index (χ1n) is 14.3. The van der Waals surface area contributed by atoms with Crippen LogP contribution in [0, 0.1) is 13.8 Å². The van der Waals surface area contributed by atoms with Crippen LogP contribution in [-0.4, -0.2) is 8.75 Å². The Morgan fingerprint density at radius 1 is 0.489 bits per heavy atom. The molecule has 13 heteroatoms. The van der Waals surface area contributed by atoms with Crippen LogP contribution < -0.4 is 18.9 Å². The lowest BCUT2D eigenvalue weighted by atomic mass is 9.96. The summed E-state index contributed by atoms with van der Waals surface area (Å²) in [5.41, 5.74) is 8.95. The zero-order valence-corrected chi connectivity index (χ0v) is 29.1. The van der Waals surface area contributed by atoms with Crippen molar-refractivity contribution in [3.63, 3.8) is 0 Å². The fraction of sp³-hybridized carbons (Fsp3) is 0.188. The van der Waals surface area contributed by atoms with Gasteiger partial charge in [0.25, 0.3) is 0 Å². The Balaban J connectivity index is 1.07. The molecule has 0 radical (unpaired) electrons. The molecule has 0 N–H and O–H groups in total. The summed E-state index contributed by atoms with van der Waals surface area (Å²) in [7, 11) is 0. The van der Waals surface area contributed by atoms with E-state index < -0.39 is 0 Å². The molecule has 45 heavy (non-hydrogen) atoms. The lowest BCUT2D eigenvalue weighted by Gasteiger charge is -2.26. The maximum atomic E-state index is 6.69. The van der Waals surface area contributed by atoms with Crippen molar-refractivity contribution in [2.24, 2.45) is 0 Å². The smallest absolute Gasteiger partial charge is 0.173 e. The monoisotopic (exact) mass is 716 g/mol. The summed E-state index contributed by atoms with van der Waals surface area (Å²) in [6, 6.07) is 4.32. The van der Waals surface area contributed by atoms with Crippen LogP contribution in [0.15, 0.2) is 12.1 Å². The van der Waals surface area contributed by atoms with E-state index in [1.807, 2.05) is 68.0 Å². The van der Waals surface area contributed by atoms with Crippen LogP contribution in [0.1, 0.15) is 32.0 Å². The molecule has 11 heterocycles. The van der Waals surface area contributed by atoms with E-state index in [-0.39, 0.29) is 0 Å². The van der Waals surface area contributed by atoms with Crippen LogP contribution in [0.4, 0.5) is 0 Å². The number of aromatic nitrogens is 2. The minimum atomic E-state index is 0.511.